The lowest BCUT2D eigenvalue weighted by Crippen LogP contribution is -2.15. The molecule has 3 rings (SSSR count). The van der Waals surface area contributed by atoms with E-state index < -0.39 is 0 Å². The van der Waals surface area contributed by atoms with Gasteiger partial charge in [0.2, 0.25) is 0 Å². The van der Waals surface area contributed by atoms with Crippen LogP contribution in [0, 0.1) is 6.92 Å². The normalized spacial score (nSPS) is 11.3. The predicted octanol–water partition coefficient (Wildman–Crippen LogP) is 3.23. The average Bonchev–Trinajstić information content (AvgIpc) is 3.02. The van der Waals surface area contributed by atoms with E-state index in [9.17, 15) is 0 Å². The molecular formula is C15H17N3S. The summed E-state index contributed by atoms with van der Waals surface area (Å²) in [7, 11) is 2.13. The van der Waals surface area contributed by atoms with Crippen molar-refractivity contribution in [1.29, 1.82) is 0 Å². The molecule has 2 aromatic heterocycles. The van der Waals surface area contributed by atoms with E-state index in [0.29, 0.717) is 0 Å². The fourth-order valence-corrected chi connectivity index (χ4v) is 3.08. The van der Waals surface area contributed by atoms with Crippen molar-refractivity contribution in [3.05, 3.63) is 52.1 Å². The summed E-state index contributed by atoms with van der Waals surface area (Å²) in [4.78, 5) is 4.28. The number of hydrogen-bond donors (Lipinski definition) is 1. The van der Waals surface area contributed by atoms with Gasteiger partial charge in [0, 0.05) is 42.1 Å². The second-order valence-corrected chi connectivity index (χ2v) is 5.45. The second-order valence-electron chi connectivity index (χ2n) is 4.73. The van der Waals surface area contributed by atoms with E-state index in [4.69, 9.17) is 0 Å². The minimum Gasteiger partial charge on any atom is -0.346 e. The quantitative estimate of drug-likeness (QED) is 0.789. The van der Waals surface area contributed by atoms with Crippen molar-refractivity contribution < 1.29 is 0 Å². The molecule has 0 saturated carbocycles. The number of aromatic nitrogens is 2. The number of thiazole rings is 1. The lowest BCUT2D eigenvalue weighted by atomic mass is 10.1. The summed E-state index contributed by atoms with van der Waals surface area (Å²) >= 11 is 1.64. The third-order valence-electron chi connectivity index (χ3n) is 3.59. The van der Waals surface area contributed by atoms with E-state index in [0.717, 1.165) is 18.8 Å². The Hall–Kier alpha value is -1.65. The van der Waals surface area contributed by atoms with Crippen LogP contribution < -0.4 is 5.32 Å². The lowest BCUT2D eigenvalue weighted by molar-refractivity contribution is 0.649. The molecule has 1 aromatic carbocycles. The fourth-order valence-electron chi connectivity index (χ4n) is 2.52. The van der Waals surface area contributed by atoms with Crippen LogP contribution in [0.1, 0.15) is 17.0 Å². The summed E-state index contributed by atoms with van der Waals surface area (Å²) in [6.07, 6.45) is 0. The third kappa shape index (κ3) is 2.29. The van der Waals surface area contributed by atoms with Crippen LogP contribution in [0.2, 0.25) is 0 Å². The molecule has 98 valence electrons. The number of para-hydroxylation sites is 1. The van der Waals surface area contributed by atoms with Gasteiger partial charge in [0.1, 0.15) is 0 Å². The zero-order valence-corrected chi connectivity index (χ0v) is 12.0. The van der Waals surface area contributed by atoms with E-state index in [-0.39, 0.29) is 0 Å². The highest BCUT2D eigenvalue weighted by Gasteiger charge is 2.10. The summed E-state index contributed by atoms with van der Waals surface area (Å²) < 4.78 is 2.28. The Kier molecular flexibility index (Phi) is 3.36. The van der Waals surface area contributed by atoms with Gasteiger partial charge in [-0.15, -0.1) is 11.3 Å². The zero-order chi connectivity index (χ0) is 13.2. The van der Waals surface area contributed by atoms with Crippen molar-refractivity contribution in [2.24, 2.45) is 7.05 Å². The molecule has 0 bridgehead atoms. The molecule has 3 nitrogen and oxygen atoms in total. The largest absolute Gasteiger partial charge is 0.346 e. The number of rotatable bonds is 4. The fraction of sp³-hybridized carbons (Fsp3) is 0.267. The number of benzene rings is 1. The van der Waals surface area contributed by atoms with Gasteiger partial charge in [-0.3, -0.25) is 0 Å². The van der Waals surface area contributed by atoms with Crippen molar-refractivity contribution in [2.75, 3.05) is 0 Å². The Balaban J connectivity index is 1.81. The topological polar surface area (TPSA) is 29.9 Å². The minimum absolute atomic E-state index is 0.824. The molecule has 0 fully saturated rings. The SMILES string of the molecule is Cc1c(CNCc2cscn2)n(C)c2ccccc12. The molecule has 1 N–H and O–H groups in total. The van der Waals surface area contributed by atoms with E-state index in [1.54, 1.807) is 11.3 Å². The monoisotopic (exact) mass is 271 g/mol. The summed E-state index contributed by atoms with van der Waals surface area (Å²) in [5.41, 5.74) is 6.99. The highest BCUT2D eigenvalue weighted by Crippen LogP contribution is 2.24. The van der Waals surface area contributed by atoms with Crippen molar-refractivity contribution in [2.45, 2.75) is 20.0 Å². The van der Waals surface area contributed by atoms with Gasteiger partial charge in [0.05, 0.1) is 11.2 Å². The molecule has 4 heteroatoms. The van der Waals surface area contributed by atoms with Crippen LogP contribution in [-0.4, -0.2) is 9.55 Å². The lowest BCUT2D eigenvalue weighted by Gasteiger charge is -2.07. The highest BCUT2D eigenvalue weighted by molar-refractivity contribution is 7.07. The van der Waals surface area contributed by atoms with Gasteiger partial charge in [-0.25, -0.2) is 4.98 Å². The summed E-state index contributed by atoms with van der Waals surface area (Å²) in [5, 5.41) is 6.90. The van der Waals surface area contributed by atoms with Crippen LogP contribution in [0.25, 0.3) is 10.9 Å². The Labute approximate surface area is 116 Å². The van der Waals surface area contributed by atoms with E-state index >= 15 is 0 Å². The van der Waals surface area contributed by atoms with Crippen molar-refractivity contribution in [3.63, 3.8) is 0 Å². The third-order valence-corrected chi connectivity index (χ3v) is 4.22. The summed E-state index contributed by atoms with van der Waals surface area (Å²) in [5.74, 6) is 0. The molecule has 0 atom stereocenters. The van der Waals surface area contributed by atoms with E-state index in [1.165, 1.54) is 22.2 Å². The first-order valence-electron chi connectivity index (χ1n) is 6.38. The number of hydrogen-bond acceptors (Lipinski definition) is 3. The average molecular weight is 271 g/mol. The predicted molar refractivity (Wildman–Crippen MR) is 80.3 cm³/mol. The minimum atomic E-state index is 0.824. The zero-order valence-electron chi connectivity index (χ0n) is 11.2. The standard InChI is InChI=1S/C15H17N3S/c1-11-13-5-3-4-6-14(13)18(2)15(11)8-16-7-12-9-19-10-17-12/h3-6,9-10,16H,7-8H2,1-2H3. The van der Waals surface area contributed by atoms with Crippen molar-refractivity contribution >= 4 is 22.2 Å². The molecular weight excluding hydrogens is 254 g/mol. The van der Waals surface area contributed by atoms with E-state index in [2.05, 4.69) is 58.5 Å². The molecule has 2 heterocycles. The molecule has 0 amide bonds. The van der Waals surface area contributed by atoms with Gasteiger partial charge < -0.3 is 9.88 Å². The Morgan fingerprint density at radius 3 is 2.84 bits per heavy atom. The van der Waals surface area contributed by atoms with Gasteiger partial charge in [-0.1, -0.05) is 18.2 Å². The number of nitrogens with zero attached hydrogens (tertiary/aromatic N) is 2. The van der Waals surface area contributed by atoms with Crippen LogP contribution in [0.15, 0.2) is 35.2 Å². The van der Waals surface area contributed by atoms with Crippen LogP contribution in [0.5, 0.6) is 0 Å². The molecule has 19 heavy (non-hydrogen) atoms. The van der Waals surface area contributed by atoms with Crippen LogP contribution in [-0.2, 0) is 20.1 Å². The van der Waals surface area contributed by atoms with Gasteiger partial charge >= 0.3 is 0 Å². The molecule has 0 aliphatic carbocycles. The first kappa shape index (κ1) is 12.4. The Bertz CT molecular complexity index is 644. The summed E-state index contributed by atoms with van der Waals surface area (Å²) in [6.45, 7) is 3.89. The number of aryl methyl sites for hydroxylation is 2. The number of fused-ring (bicyclic) bond motifs is 1. The smallest absolute Gasteiger partial charge is 0.0795 e. The van der Waals surface area contributed by atoms with Crippen molar-refractivity contribution in [3.8, 4) is 0 Å². The summed E-state index contributed by atoms with van der Waals surface area (Å²) in [6, 6.07) is 8.55. The molecule has 0 unspecified atom stereocenters. The molecule has 0 saturated heterocycles. The molecule has 3 aromatic rings. The first-order valence-corrected chi connectivity index (χ1v) is 7.32. The molecule has 0 radical (unpaired) electrons. The maximum Gasteiger partial charge on any atom is 0.0795 e. The van der Waals surface area contributed by atoms with Gasteiger partial charge in [0.25, 0.3) is 0 Å². The Morgan fingerprint density at radius 2 is 2.11 bits per heavy atom. The maximum absolute atomic E-state index is 4.28. The van der Waals surface area contributed by atoms with Crippen LogP contribution in [0.4, 0.5) is 0 Å². The highest BCUT2D eigenvalue weighted by atomic mass is 32.1. The first-order chi connectivity index (χ1) is 9.27. The van der Waals surface area contributed by atoms with Gasteiger partial charge in [-0.05, 0) is 18.6 Å². The van der Waals surface area contributed by atoms with E-state index in [1.807, 2.05) is 5.51 Å². The Morgan fingerprint density at radius 1 is 1.26 bits per heavy atom. The maximum atomic E-state index is 4.28. The van der Waals surface area contributed by atoms with Gasteiger partial charge in [-0.2, -0.15) is 0 Å². The molecule has 0 spiro atoms. The van der Waals surface area contributed by atoms with Crippen LogP contribution in [0.3, 0.4) is 0 Å². The van der Waals surface area contributed by atoms with Crippen LogP contribution >= 0.6 is 11.3 Å². The molecule has 0 aliphatic heterocycles. The van der Waals surface area contributed by atoms with Crippen molar-refractivity contribution in [1.82, 2.24) is 14.9 Å². The number of nitrogens with one attached hydrogen (secondary N) is 1. The molecule has 0 aliphatic rings. The second kappa shape index (κ2) is 5.15. The van der Waals surface area contributed by atoms with Gasteiger partial charge in [0.15, 0.2) is 0 Å².